The van der Waals surface area contributed by atoms with E-state index in [4.69, 9.17) is 4.74 Å². The molecule has 0 aliphatic carbocycles. The summed E-state index contributed by atoms with van der Waals surface area (Å²) in [5, 5.41) is 0. The molecule has 0 spiro atoms. The highest BCUT2D eigenvalue weighted by Gasteiger charge is 2.18. The van der Waals surface area contributed by atoms with Crippen molar-refractivity contribution in [2.45, 2.75) is 52.1 Å². The minimum Gasteiger partial charge on any atom is -0.481 e. The van der Waals surface area contributed by atoms with Crippen molar-refractivity contribution in [1.29, 1.82) is 0 Å². The van der Waals surface area contributed by atoms with Crippen molar-refractivity contribution < 1.29 is 14.3 Å². The zero-order valence-corrected chi connectivity index (χ0v) is 16.2. The summed E-state index contributed by atoms with van der Waals surface area (Å²) in [7, 11) is 0. The van der Waals surface area contributed by atoms with Crippen LogP contribution in [-0.4, -0.2) is 17.9 Å². The molecule has 0 saturated heterocycles. The number of hydrogen-bond donors (Lipinski definition) is 2. The molecule has 2 aromatic carbocycles. The van der Waals surface area contributed by atoms with Crippen molar-refractivity contribution in [1.82, 2.24) is 10.9 Å². The minimum atomic E-state index is -0.718. The fourth-order valence-electron chi connectivity index (χ4n) is 2.66. The number of aryl methyl sites for hydroxylation is 1. The molecule has 5 nitrogen and oxygen atoms in total. The van der Waals surface area contributed by atoms with Gasteiger partial charge in [-0.3, -0.25) is 20.4 Å². The van der Waals surface area contributed by atoms with Crippen molar-refractivity contribution in [2.75, 3.05) is 0 Å². The number of amides is 2. The van der Waals surface area contributed by atoms with Crippen molar-refractivity contribution >= 4 is 11.8 Å². The van der Waals surface area contributed by atoms with E-state index in [-0.39, 0.29) is 11.8 Å². The van der Waals surface area contributed by atoms with Gasteiger partial charge in [0.1, 0.15) is 5.75 Å². The Morgan fingerprint density at radius 2 is 1.63 bits per heavy atom. The molecule has 0 saturated carbocycles. The number of carbonyl (C=O) groups excluding carboxylic acids is 2. The van der Waals surface area contributed by atoms with Crippen LogP contribution < -0.4 is 15.6 Å². The van der Waals surface area contributed by atoms with Crippen molar-refractivity contribution in [3.05, 3.63) is 65.7 Å². The summed E-state index contributed by atoms with van der Waals surface area (Å²) in [5.74, 6) is 0.417. The van der Waals surface area contributed by atoms with Gasteiger partial charge in [0.05, 0.1) is 0 Å². The van der Waals surface area contributed by atoms with E-state index in [2.05, 4.69) is 24.7 Å². The Hall–Kier alpha value is -2.82. The quantitative estimate of drug-likeness (QED) is 0.698. The Kier molecular flexibility index (Phi) is 7.86. The molecule has 0 aliphatic rings. The molecule has 0 bridgehead atoms. The summed E-state index contributed by atoms with van der Waals surface area (Å²) in [6.07, 6.45) is 1.19. The van der Waals surface area contributed by atoms with Crippen LogP contribution in [0.2, 0.25) is 0 Å². The topological polar surface area (TPSA) is 67.4 Å². The van der Waals surface area contributed by atoms with E-state index in [1.165, 1.54) is 0 Å². The monoisotopic (exact) mass is 368 g/mol. The van der Waals surface area contributed by atoms with Crippen molar-refractivity contribution in [2.24, 2.45) is 0 Å². The molecule has 5 heteroatoms. The SMILES string of the molecule is CCC(C)c1ccccc1OC(C)C(=O)NNC(=O)CCc1ccccc1. The second-order valence-electron chi connectivity index (χ2n) is 6.63. The Labute approximate surface area is 161 Å². The van der Waals surface area contributed by atoms with Gasteiger partial charge in [0.25, 0.3) is 5.91 Å². The lowest BCUT2D eigenvalue weighted by atomic mass is 9.98. The maximum Gasteiger partial charge on any atom is 0.279 e. The molecule has 2 N–H and O–H groups in total. The molecule has 2 aromatic rings. The van der Waals surface area contributed by atoms with Gasteiger partial charge in [-0.15, -0.1) is 0 Å². The summed E-state index contributed by atoms with van der Waals surface area (Å²) in [6, 6.07) is 17.5. The first-order chi connectivity index (χ1) is 13.0. The molecular formula is C22H28N2O3. The first-order valence-corrected chi connectivity index (χ1v) is 9.39. The summed E-state index contributed by atoms with van der Waals surface area (Å²) >= 11 is 0. The Morgan fingerprint density at radius 1 is 0.963 bits per heavy atom. The number of hydrazine groups is 1. The van der Waals surface area contributed by atoms with E-state index in [9.17, 15) is 9.59 Å². The van der Waals surface area contributed by atoms with Gasteiger partial charge in [0.2, 0.25) is 5.91 Å². The van der Waals surface area contributed by atoms with E-state index >= 15 is 0 Å². The number of benzene rings is 2. The van der Waals surface area contributed by atoms with Gasteiger partial charge in [-0.1, -0.05) is 62.4 Å². The van der Waals surface area contributed by atoms with E-state index in [0.717, 1.165) is 17.5 Å². The molecule has 2 amide bonds. The number of nitrogens with one attached hydrogen (secondary N) is 2. The second-order valence-corrected chi connectivity index (χ2v) is 6.63. The third-order valence-electron chi connectivity index (χ3n) is 4.54. The molecule has 27 heavy (non-hydrogen) atoms. The molecule has 0 aliphatic heterocycles. The van der Waals surface area contributed by atoms with Crippen LogP contribution in [0.1, 0.15) is 50.7 Å². The van der Waals surface area contributed by atoms with Gasteiger partial charge >= 0.3 is 0 Å². The number of para-hydroxylation sites is 1. The zero-order chi connectivity index (χ0) is 19.6. The highest BCUT2D eigenvalue weighted by molar-refractivity contribution is 5.84. The first kappa shape index (κ1) is 20.5. The van der Waals surface area contributed by atoms with Crippen LogP contribution in [-0.2, 0) is 16.0 Å². The second kappa shape index (κ2) is 10.4. The van der Waals surface area contributed by atoms with Gasteiger partial charge in [-0.05, 0) is 42.9 Å². The molecule has 2 unspecified atom stereocenters. The third kappa shape index (κ3) is 6.44. The molecule has 2 atom stereocenters. The normalized spacial score (nSPS) is 12.7. The largest absolute Gasteiger partial charge is 0.481 e. The lowest BCUT2D eigenvalue weighted by Crippen LogP contribution is -2.47. The Bertz CT molecular complexity index is 746. The summed E-state index contributed by atoms with van der Waals surface area (Å²) < 4.78 is 5.83. The number of rotatable bonds is 8. The molecule has 144 valence electrons. The summed E-state index contributed by atoms with van der Waals surface area (Å²) in [4.78, 5) is 24.1. The van der Waals surface area contributed by atoms with Crippen LogP contribution in [0.5, 0.6) is 5.75 Å². The predicted octanol–water partition coefficient (Wildman–Crippen LogP) is 3.75. The fourth-order valence-corrected chi connectivity index (χ4v) is 2.66. The van der Waals surface area contributed by atoms with Gasteiger partial charge in [0.15, 0.2) is 6.10 Å². The molecule has 0 aromatic heterocycles. The highest BCUT2D eigenvalue weighted by atomic mass is 16.5. The van der Waals surface area contributed by atoms with Crippen molar-refractivity contribution in [3.63, 3.8) is 0 Å². The first-order valence-electron chi connectivity index (χ1n) is 9.39. The average molecular weight is 368 g/mol. The van der Waals surface area contributed by atoms with Gasteiger partial charge in [-0.25, -0.2) is 0 Å². The van der Waals surface area contributed by atoms with E-state index < -0.39 is 6.10 Å². The molecular weight excluding hydrogens is 340 g/mol. The van der Waals surface area contributed by atoms with Gasteiger partial charge in [0, 0.05) is 6.42 Å². The predicted molar refractivity (Wildman–Crippen MR) is 106 cm³/mol. The molecule has 2 rings (SSSR count). The van der Waals surface area contributed by atoms with Crippen LogP contribution in [0.15, 0.2) is 54.6 Å². The van der Waals surface area contributed by atoms with Crippen LogP contribution in [0, 0.1) is 0 Å². The minimum absolute atomic E-state index is 0.237. The summed E-state index contributed by atoms with van der Waals surface area (Å²) in [5.41, 5.74) is 7.04. The number of ether oxygens (including phenoxy) is 1. The molecule has 0 fully saturated rings. The Balaban J connectivity index is 1.81. The number of hydrogen-bond acceptors (Lipinski definition) is 3. The van der Waals surface area contributed by atoms with Gasteiger partial charge in [-0.2, -0.15) is 0 Å². The van der Waals surface area contributed by atoms with Crippen LogP contribution in [0.3, 0.4) is 0 Å². The molecule has 0 radical (unpaired) electrons. The van der Waals surface area contributed by atoms with Crippen LogP contribution >= 0.6 is 0 Å². The van der Waals surface area contributed by atoms with E-state index in [1.54, 1.807) is 6.92 Å². The molecule has 0 heterocycles. The number of carbonyl (C=O) groups is 2. The smallest absolute Gasteiger partial charge is 0.279 e. The van der Waals surface area contributed by atoms with Crippen LogP contribution in [0.4, 0.5) is 0 Å². The highest BCUT2D eigenvalue weighted by Crippen LogP contribution is 2.29. The lowest BCUT2D eigenvalue weighted by Gasteiger charge is -2.19. The maximum atomic E-state index is 12.2. The Morgan fingerprint density at radius 3 is 2.33 bits per heavy atom. The van der Waals surface area contributed by atoms with Crippen LogP contribution in [0.25, 0.3) is 0 Å². The lowest BCUT2D eigenvalue weighted by molar-refractivity contribution is -0.132. The third-order valence-corrected chi connectivity index (χ3v) is 4.54. The van der Waals surface area contributed by atoms with E-state index in [0.29, 0.717) is 24.5 Å². The maximum absolute atomic E-state index is 12.2. The summed E-state index contributed by atoms with van der Waals surface area (Å²) in [6.45, 7) is 5.90. The average Bonchev–Trinajstić information content (AvgIpc) is 2.71. The van der Waals surface area contributed by atoms with Crippen molar-refractivity contribution in [3.8, 4) is 5.75 Å². The fraction of sp³-hybridized carbons (Fsp3) is 0.364. The van der Waals surface area contributed by atoms with E-state index in [1.807, 2.05) is 54.6 Å². The van der Waals surface area contributed by atoms with Gasteiger partial charge < -0.3 is 4.74 Å². The standard InChI is InChI=1S/C22H28N2O3/c1-4-16(2)19-12-8-9-13-20(19)27-17(3)22(26)24-23-21(25)15-14-18-10-6-5-7-11-18/h5-13,16-17H,4,14-15H2,1-3H3,(H,23,25)(H,24,26). The zero-order valence-electron chi connectivity index (χ0n) is 16.2.